The molecule has 1 aliphatic heterocycles. The Morgan fingerprint density at radius 3 is 2.59 bits per heavy atom. The van der Waals surface area contributed by atoms with E-state index in [0.29, 0.717) is 6.42 Å². The van der Waals surface area contributed by atoms with E-state index in [1.807, 2.05) is 4.90 Å². The van der Waals surface area contributed by atoms with Crippen LogP contribution in [0, 0.1) is 0 Å². The molecule has 0 aromatic carbocycles. The van der Waals surface area contributed by atoms with Gasteiger partial charge in [0.2, 0.25) is 0 Å². The highest BCUT2D eigenvalue weighted by Crippen LogP contribution is 2.18. The van der Waals surface area contributed by atoms with E-state index in [4.69, 9.17) is 5.73 Å². The highest BCUT2D eigenvalue weighted by molar-refractivity contribution is 7.91. The fourth-order valence-corrected chi connectivity index (χ4v) is 3.87. The number of ether oxygens (including phenoxy) is 1. The van der Waals surface area contributed by atoms with E-state index < -0.39 is 21.3 Å². The summed E-state index contributed by atoms with van der Waals surface area (Å²) >= 11 is 0. The zero-order valence-corrected chi connectivity index (χ0v) is 11.3. The van der Waals surface area contributed by atoms with Crippen molar-refractivity contribution in [3.05, 3.63) is 0 Å². The van der Waals surface area contributed by atoms with Gasteiger partial charge in [-0.05, 0) is 20.4 Å². The van der Waals surface area contributed by atoms with E-state index in [1.54, 1.807) is 14.0 Å². The lowest BCUT2D eigenvalue weighted by molar-refractivity contribution is -0.147. The van der Waals surface area contributed by atoms with Crippen molar-refractivity contribution in [1.29, 1.82) is 0 Å². The molecule has 17 heavy (non-hydrogen) atoms. The van der Waals surface area contributed by atoms with E-state index in [0.717, 1.165) is 0 Å². The third-order valence-electron chi connectivity index (χ3n) is 3.06. The molecule has 0 amide bonds. The van der Waals surface area contributed by atoms with Crippen molar-refractivity contribution >= 4 is 15.8 Å². The monoisotopic (exact) mass is 264 g/mol. The molecular weight excluding hydrogens is 244 g/mol. The number of hydrogen-bond acceptors (Lipinski definition) is 6. The molecule has 0 aromatic heterocycles. The van der Waals surface area contributed by atoms with Gasteiger partial charge in [0.15, 0.2) is 9.84 Å². The third kappa shape index (κ3) is 3.65. The molecule has 1 fully saturated rings. The van der Waals surface area contributed by atoms with E-state index in [2.05, 4.69) is 4.74 Å². The lowest BCUT2D eigenvalue weighted by Crippen LogP contribution is -2.55. The summed E-state index contributed by atoms with van der Waals surface area (Å²) in [5.41, 5.74) is 4.73. The van der Waals surface area contributed by atoms with Crippen molar-refractivity contribution in [2.24, 2.45) is 5.73 Å². The smallest absolute Gasteiger partial charge is 0.326 e. The maximum Gasteiger partial charge on any atom is 0.326 e. The Balaban J connectivity index is 2.61. The normalized spacial score (nSPS) is 26.8. The van der Waals surface area contributed by atoms with E-state index in [9.17, 15) is 13.2 Å². The topological polar surface area (TPSA) is 89.7 Å². The Bertz CT molecular complexity index is 391. The molecular formula is C10H20N2O4S. The molecule has 0 aliphatic carbocycles. The highest BCUT2D eigenvalue weighted by Gasteiger charge is 2.36. The maximum absolute atomic E-state index is 11.4. The fraction of sp³-hybridized carbons (Fsp3) is 0.900. The Labute approximate surface area is 102 Å². The second-order valence-electron chi connectivity index (χ2n) is 4.88. The molecule has 0 aromatic rings. The molecule has 2 N–H and O–H groups in total. The molecule has 1 aliphatic rings. The number of sulfone groups is 1. The molecule has 2 unspecified atom stereocenters. The van der Waals surface area contributed by atoms with Crippen LogP contribution in [0.3, 0.4) is 0 Å². The van der Waals surface area contributed by atoms with Gasteiger partial charge >= 0.3 is 5.97 Å². The molecule has 0 radical (unpaired) electrons. The fourth-order valence-electron chi connectivity index (χ4n) is 2.07. The van der Waals surface area contributed by atoms with E-state index in [-0.39, 0.29) is 24.1 Å². The number of hydrogen-bond donors (Lipinski definition) is 1. The first-order valence-corrected chi connectivity index (χ1v) is 7.28. The van der Waals surface area contributed by atoms with Crippen molar-refractivity contribution in [3.8, 4) is 0 Å². The minimum Gasteiger partial charge on any atom is -0.468 e. The Morgan fingerprint density at radius 2 is 2.18 bits per heavy atom. The molecule has 6 nitrogen and oxygen atoms in total. The van der Waals surface area contributed by atoms with E-state index in [1.165, 1.54) is 7.11 Å². The summed E-state index contributed by atoms with van der Waals surface area (Å²) in [6.07, 6.45) is 0.593. The first-order valence-electron chi connectivity index (χ1n) is 5.46. The first-order chi connectivity index (χ1) is 7.68. The summed E-state index contributed by atoms with van der Waals surface area (Å²) in [6, 6.07) is -0.0625. The Kier molecular flexibility index (Phi) is 4.16. The number of likely N-dealkylation sites (N-methyl/N-ethyl adjacent to an activating group) is 1. The minimum absolute atomic E-state index is 0.0625. The van der Waals surface area contributed by atoms with Crippen molar-refractivity contribution in [2.75, 3.05) is 32.2 Å². The van der Waals surface area contributed by atoms with Gasteiger partial charge in [-0.15, -0.1) is 0 Å². The van der Waals surface area contributed by atoms with Crippen molar-refractivity contribution in [1.82, 2.24) is 4.90 Å². The van der Waals surface area contributed by atoms with Gasteiger partial charge in [-0.25, -0.2) is 8.42 Å². The van der Waals surface area contributed by atoms with Crippen molar-refractivity contribution in [3.63, 3.8) is 0 Å². The van der Waals surface area contributed by atoms with Crippen LogP contribution in [0.4, 0.5) is 0 Å². The van der Waals surface area contributed by atoms with Crippen LogP contribution in [0.1, 0.15) is 13.3 Å². The molecule has 2 atom stereocenters. The number of carbonyl (C=O) groups excluding carboxylic acids is 1. The van der Waals surface area contributed by atoms with Crippen LogP contribution in [-0.4, -0.2) is 63.1 Å². The summed E-state index contributed by atoms with van der Waals surface area (Å²) in [7, 11) is 0.142. The minimum atomic E-state index is -2.92. The van der Waals surface area contributed by atoms with Crippen molar-refractivity contribution in [2.45, 2.75) is 24.9 Å². The van der Waals surface area contributed by atoms with Gasteiger partial charge in [-0.3, -0.25) is 9.69 Å². The average Bonchev–Trinajstić information content (AvgIpc) is 2.57. The SMILES string of the molecule is COC(=O)C(C)(N)CN(C)C1CCS(=O)(=O)C1. The molecule has 1 heterocycles. The zero-order valence-electron chi connectivity index (χ0n) is 10.5. The Hall–Kier alpha value is -0.660. The number of carbonyl (C=O) groups is 1. The van der Waals surface area contributed by atoms with Gasteiger partial charge in [0.05, 0.1) is 18.6 Å². The summed E-state index contributed by atoms with van der Waals surface area (Å²) in [5.74, 6) is -0.146. The molecule has 0 bridgehead atoms. The molecule has 7 heteroatoms. The van der Waals surface area contributed by atoms with Gasteiger partial charge in [-0.2, -0.15) is 0 Å². The predicted octanol–water partition coefficient (Wildman–Crippen LogP) is -1.00. The lowest BCUT2D eigenvalue weighted by atomic mass is 10.0. The van der Waals surface area contributed by atoms with Crippen LogP contribution in [0.15, 0.2) is 0 Å². The van der Waals surface area contributed by atoms with Crippen LogP contribution < -0.4 is 5.73 Å². The molecule has 1 rings (SSSR count). The van der Waals surface area contributed by atoms with Gasteiger partial charge in [-0.1, -0.05) is 0 Å². The molecule has 0 spiro atoms. The predicted molar refractivity (Wildman–Crippen MR) is 64.3 cm³/mol. The molecule has 1 saturated heterocycles. The van der Waals surface area contributed by atoms with Gasteiger partial charge in [0, 0.05) is 12.6 Å². The third-order valence-corrected chi connectivity index (χ3v) is 4.81. The number of rotatable bonds is 4. The van der Waals surface area contributed by atoms with E-state index >= 15 is 0 Å². The van der Waals surface area contributed by atoms with Gasteiger partial charge in [0.1, 0.15) is 5.54 Å². The molecule has 100 valence electrons. The second kappa shape index (κ2) is 4.91. The van der Waals surface area contributed by atoms with Crippen LogP contribution in [-0.2, 0) is 19.4 Å². The van der Waals surface area contributed by atoms with Crippen LogP contribution in [0.2, 0.25) is 0 Å². The number of methoxy groups -OCH3 is 1. The number of esters is 1. The summed E-state index contributed by atoms with van der Waals surface area (Å²) < 4.78 is 27.3. The van der Waals surface area contributed by atoms with Crippen LogP contribution >= 0.6 is 0 Å². The molecule has 0 saturated carbocycles. The second-order valence-corrected chi connectivity index (χ2v) is 7.11. The van der Waals surface area contributed by atoms with Crippen LogP contribution in [0.25, 0.3) is 0 Å². The largest absolute Gasteiger partial charge is 0.468 e. The summed E-state index contributed by atoms with van der Waals surface area (Å²) in [6.45, 7) is 1.86. The maximum atomic E-state index is 11.4. The Morgan fingerprint density at radius 1 is 1.59 bits per heavy atom. The highest BCUT2D eigenvalue weighted by atomic mass is 32.2. The standard InChI is InChI=1S/C10H20N2O4S/c1-10(11,9(13)16-3)7-12(2)8-4-5-17(14,15)6-8/h8H,4-7,11H2,1-3H3. The average molecular weight is 264 g/mol. The van der Waals surface area contributed by atoms with Crippen LogP contribution in [0.5, 0.6) is 0 Å². The number of nitrogens with zero attached hydrogens (tertiary/aromatic N) is 1. The quantitative estimate of drug-likeness (QED) is 0.655. The zero-order chi connectivity index (χ0) is 13.3. The van der Waals surface area contributed by atoms with Gasteiger partial charge in [0.25, 0.3) is 0 Å². The summed E-state index contributed by atoms with van der Waals surface area (Å²) in [5, 5.41) is 0. The van der Waals surface area contributed by atoms with Gasteiger partial charge < -0.3 is 10.5 Å². The van der Waals surface area contributed by atoms with Crippen molar-refractivity contribution < 1.29 is 17.9 Å². The lowest BCUT2D eigenvalue weighted by Gasteiger charge is -2.31. The summed E-state index contributed by atoms with van der Waals surface area (Å²) in [4.78, 5) is 13.2. The first kappa shape index (κ1) is 14.4. The number of nitrogens with two attached hydrogens (primary N) is 1.